The third-order valence-corrected chi connectivity index (χ3v) is 6.33. The fourth-order valence-corrected chi connectivity index (χ4v) is 4.72. The maximum atomic E-state index is 11.6. The predicted octanol–water partition coefficient (Wildman–Crippen LogP) is 1.29. The molecule has 0 aromatic heterocycles. The second-order valence-corrected chi connectivity index (χ2v) is 9.34. The van der Waals surface area contributed by atoms with E-state index in [-0.39, 0.29) is 11.9 Å². The summed E-state index contributed by atoms with van der Waals surface area (Å²) in [5.41, 5.74) is 0.307. The van der Waals surface area contributed by atoms with E-state index in [9.17, 15) is 13.5 Å². The number of nitrogens with zero attached hydrogens (tertiary/aromatic N) is 1. The highest BCUT2D eigenvalue weighted by Gasteiger charge is 2.35. The molecule has 0 bridgehead atoms. The minimum Gasteiger partial charge on any atom is -0.393 e. The van der Waals surface area contributed by atoms with E-state index in [1.165, 1.54) is 0 Å². The van der Waals surface area contributed by atoms with Crippen LogP contribution in [0, 0.1) is 11.3 Å². The Bertz CT molecular complexity index is 405. The first-order valence-corrected chi connectivity index (χ1v) is 9.20. The van der Waals surface area contributed by atoms with Crippen molar-refractivity contribution in [3.05, 3.63) is 0 Å². The molecule has 4 nitrogen and oxygen atoms in total. The summed E-state index contributed by atoms with van der Waals surface area (Å²) in [6.45, 7) is 6.85. The molecule has 0 radical (unpaired) electrons. The molecule has 0 aromatic rings. The summed E-state index contributed by atoms with van der Waals surface area (Å²) in [5, 5.41) is 10.2. The van der Waals surface area contributed by atoms with Gasteiger partial charge in [0.1, 0.15) is 0 Å². The summed E-state index contributed by atoms with van der Waals surface area (Å²) in [6.07, 6.45) is 3.52. The first kappa shape index (κ1) is 15.3. The van der Waals surface area contributed by atoms with Gasteiger partial charge in [0.25, 0.3) is 0 Å². The number of aliphatic hydroxyl groups excluding tert-OH is 1. The van der Waals surface area contributed by atoms with Crippen LogP contribution in [0.2, 0.25) is 0 Å². The normalized spacial score (nSPS) is 35.7. The van der Waals surface area contributed by atoms with Crippen LogP contribution in [0.3, 0.4) is 0 Å². The van der Waals surface area contributed by atoms with E-state index in [1.807, 2.05) is 0 Å². The zero-order valence-electron chi connectivity index (χ0n) is 12.1. The molecule has 2 rings (SSSR count). The number of hydrogen-bond acceptors (Lipinski definition) is 4. The molecule has 2 fully saturated rings. The molecule has 1 aliphatic heterocycles. The van der Waals surface area contributed by atoms with Gasteiger partial charge in [0.2, 0.25) is 0 Å². The third-order valence-electron chi connectivity index (χ3n) is 4.62. The van der Waals surface area contributed by atoms with E-state index in [0.717, 1.165) is 38.8 Å². The van der Waals surface area contributed by atoms with Crippen LogP contribution in [-0.4, -0.2) is 55.7 Å². The highest BCUT2D eigenvalue weighted by Crippen LogP contribution is 2.39. The smallest absolute Gasteiger partial charge is 0.151 e. The lowest BCUT2D eigenvalue weighted by Crippen LogP contribution is -2.42. The summed E-state index contributed by atoms with van der Waals surface area (Å²) < 4.78 is 23.2. The Balaban J connectivity index is 1.92. The van der Waals surface area contributed by atoms with Gasteiger partial charge in [-0.2, -0.15) is 0 Å². The first-order chi connectivity index (χ1) is 8.77. The van der Waals surface area contributed by atoms with Gasteiger partial charge in [-0.25, -0.2) is 8.42 Å². The van der Waals surface area contributed by atoms with Crippen molar-refractivity contribution in [2.45, 2.75) is 45.6 Å². The molecule has 1 aliphatic carbocycles. The minimum absolute atomic E-state index is 0.215. The molecule has 5 heteroatoms. The molecule has 1 heterocycles. The molecule has 19 heavy (non-hydrogen) atoms. The average molecular weight is 289 g/mol. The monoisotopic (exact) mass is 289 g/mol. The summed E-state index contributed by atoms with van der Waals surface area (Å²) in [7, 11) is -2.83. The third kappa shape index (κ3) is 4.43. The van der Waals surface area contributed by atoms with Gasteiger partial charge in [0.15, 0.2) is 9.84 Å². The van der Waals surface area contributed by atoms with Crippen molar-refractivity contribution in [3.63, 3.8) is 0 Å². The number of sulfone groups is 1. The topological polar surface area (TPSA) is 57.6 Å². The maximum absolute atomic E-state index is 11.6. The summed E-state index contributed by atoms with van der Waals surface area (Å²) >= 11 is 0. The van der Waals surface area contributed by atoms with Crippen LogP contribution in [-0.2, 0) is 9.84 Å². The Hall–Kier alpha value is -0.130. The lowest BCUT2D eigenvalue weighted by Gasteiger charge is -2.40. The second kappa shape index (κ2) is 5.70. The van der Waals surface area contributed by atoms with E-state index in [4.69, 9.17) is 0 Å². The zero-order chi connectivity index (χ0) is 14.1. The standard InChI is InChI=1S/C14H27NO3S/c1-14(2)5-4-13(16)12(10-14)11-15-6-3-8-19(17,18)9-7-15/h12-13,16H,3-11H2,1-2H3. The van der Waals surface area contributed by atoms with Crippen molar-refractivity contribution in [2.75, 3.05) is 31.1 Å². The highest BCUT2D eigenvalue weighted by molar-refractivity contribution is 7.91. The van der Waals surface area contributed by atoms with Crippen molar-refractivity contribution in [1.82, 2.24) is 4.90 Å². The molecular formula is C14H27NO3S. The van der Waals surface area contributed by atoms with Gasteiger partial charge >= 0.3 is 0 Å². The fraction of sp³-hybridized carbons (Fsp3) is 1.00. The Morgan fingerprint density at radius 1 is 1.26 bits per heavy atom. The summed E-state index contributed by atoms with van der Waals surface area (Å²) in [6, 6.07) is 0. The van der Waals surface area contributed by atoms with Gasteiger partial charge in [-0.15, -0.1) is 0 Å². The zero-order valence-corrected chi connectivity index (χ0v) is 13.0. The van der Waals surface area contributed by atoms with Crippen molar-refractivity contribution < 1.29 is 13.5 Å². The quantitative estimate of drug-likeness (QED) is 0.832. The first-order valence-electron chi connectivity index (χ1n) is 7.38. The van der Waals surface area contributed by atoms with Gasteiger partial charge in [-0.3, -0.25) is 0 Å². The molecule has 0 amide bonds. The van der Waals surface area contributed by atoms with E-state index in [1.54, 1.807) is 0 Å². The molecule has 2 atom stereocenters. The van der Waals surface area contributed by atoms with Crippen molar-refractivity contribution >= 4 is 9.84 Å². The van der Waals surface area contributed by atoms with Crippen LogP contribution < -0.4 is 0 Å². The van der Waals surface area contributed by atoms with Crippen molar-refractivity contribution in [2.24, 2.45) is 11.3 Å². The Morgan fingerprint density at radius 2 is 2.00 bits per heavy atom. The molecule has 0 spiro atoms. The van der Waals surface area contributed by atoms with Crippen molar-refractivity contribution in [3.8, 4) is 0 Å². The lowest BCUT2D eigenvalue weighted by atomic mass is 9.70. The molecule has 112 valence electrons. The number of hydrogen-bond donors (Lipinski definition) is 1. The van der Waals surface area contributed by atoms with Gasteiger partial charge in [0, 0.05) is 13.1 Å². The minimum atomic E-state index is -2.83. The van der Waals surface area contributed by atoms with E-state index >= 15 is 0 Å². The van der Waals surface area contributed by atoms with Crippen molar-refractivity contribution in [1.29, 1.82) is 0 Å². The average Bonchev–Trinajstić information content (AvgIpc) is 2.46. The fourth-order valence-electron chi connectivity index (χ4n) is 3.41. The van der Waals surface area contributed by atoms with Gasteiger partial charge < -0.3 is 10.0 Å². The molecule has 0 aromatic carbocycles. The van der Waals surface area contributed by atoms with Crippen LogP contribution in [0.25, 0.3) is 0 Å². The lowest BCUT2D eigenvalue weighted by molar-refractivity contribution is 0.00526. The summed E-state index contributed by atoms with van der Waals surface area (Å²) in [5.74, 6) is 0.895. The SMILES string of the molecule is CC1(C)CCC(O)C(CN2CCCS(=O)(=O)CC2)C1. The predicted molar refractivity (Wildman–Crippen MR) is 76.8 cm³/mol. The van der Waals surface area contributed by atoms with E-state index in [0.29, 0.717) is 23.6 Å². The number of aliphatic hydroxyl groups is 1. The van der Waals surface area contributed by atoms with Gasteiger partial charge in [0.05, 0.1) is 17.6 Å². The molecule has 1 saturated heterocycles. The van der Waals surface area contributed by atoms with Crippen LogP contribution in [0.1, 0.15) is 39.5 Å². The Kier molecular flexibility index (Phi) is 4.58. The van der Waals surface area contributed by atoms with Crippen LogP contribution in [0.5, 0.6) is 0 Å². The largest absolute Gasteiger partial charge is 0.393 e. The van der Waals surface area contributed by atoms with Gasteiger partial charge in [-0.1, -0.05) is 13.8 Å². The molecule has 2 unspecified atom stereocenters. The van der Waals surface area contributed by atoms with Crippen LogP contribution in [0.15, 0.2) is 0 Å². The molecule has 1 saturated carbocycles. The molecular weight excluding hydrogens is 262 g/mol. The molecule has 2 aliphatic rings. The van der Waals surface area contributed by atoms with Crippen LogP contribution >= 0.6 is 0 Å². The number of rotatable bonds is 2. The van der Waals surface area contributed by atoms with Gasteiger partial charge in [-0.05, 0) is 43.6 Å². The van der Waals surface area contributed by atoms with E-state index < -0.39 is 9.84 Å². The highest BCUT2D eigenvalue weighted by atomic mass is 32.2. The van der Waals surface area contributed by atoms with Crippen LogP contribution in [0.4, 0.5) is 0 Å². The Morgan fingerprint density at radius 3 is 2.74 bits per heavy atom. The molecule has 1 N–H and O–H groups in total. The Labute approximate surface area is 117 Å². The van der Waals surface area contributed by atoms with E-state index in [2.05, 4.69) is 18.7 Å². The summed E-state index contributed by atoms with van der Waals surface area (Å²) in [4.78, 5) is 2.24. The second-order valence-electron chi connectivity index (χ2n) is 7.04. The maximum Gasteiger partial charge on any atom is 0.151 e.